The molecule has 3 N–H and O–H groups in total. The monoisotopic (exact) mass is 286 g/mol. The molecular weight excluding hydrogens is 260 g/mol. The third-order valence-electron chi connectivity index (χ3n) is 6.08. The fourth-order valence-electron chi connectivity index (χ4n) is 4.80. The molecule has 114 valence electrons. The fraction of sp³-hybridized carbons (Fsp3) is 0.611. The predicted octanol–water partition coefficient (Wildman–Crippen LogP) is 3.72. The first-order chi connectivity index (χ1) is 9.74. The van der Waals surface area contributed by atoms with Gasteiger partial charge >= 0.3 is 0 Å². The van der Waals surface area contributed by atoms with Gasteiger partial charge in [-0.05, 0) is 66.7 Å². The average Bonchev–Trinajstić information content (AvgIpc) is 2.87. The molecule has 1 aromatic rings. The SMILES string of the molecule is Cc1cc(C(N)=O)ccc1NC1C2(C)CCC(C2)C1(C)C. The lowest BCUT2D eigenvalue weighted by Crippen LogP contribution is -2.45. The van der Waals surface area contributed by atoms with E-state index in [4.69, 9.17) is 5.73 Å². The topological polar surface area (TPSA) is 55.1 Å². The molecule has 3 rings (SSSR count). The number of aryl methyl sites for hydroxylation is 1. The number of hydrogen-bond acceptors (Lipinski definition) is 2. The summed E-state index contributed by atoms with van der Waals surface area (Å²) in [7, 11) is 0. The molecule has 0 radical (unpaired) electrons. The number of carbonyl (C=O) groups excluding carboxylic acids is 1. The smallest absolute Gasteiger partial charge is 0.248 e. The van der Waals surface area contributed by atoms with Gasteiger partial charge in [-0.3, -0.25) is 4.79 Å². The third kappa shape index (κ3) is 2.14. The molecule has 3 nitrogen and oxygen atoms in total. The van der Waals surface area contributed by atoms with Crippen LogP contribution in [0.1, 0.15) is 56.0 Å². The van der Waals surface area contributed by atoms with Crippen molar-refractivity contribution in [3.63, 3.8) is 0 Å². The first kappa shape index (κ1) is 14.4. The summed E-state index contributed by atoms with van der Waals surface area (Å²) in [6.07, 6.45) is 4.01. The molecule has 3 unspecified atom stereocenters. The summed E-state index contributed by atoms with van der Waals surface area (Å²) in [4.78, 5) is 11.3. The molecule has 0 spiro atoms. The van der Waals surface area contributed by atoms with E-state index in [1.807, 2.05) is 25.1 Å². The van der Waals surface area contributed by atoms with Gasteiger partial charge < -0.3 is 11.1 Å². The van der Waals surface area contributed by atoms with Gasteiger partial charge in [0, 0.05) is 17.3 Å². The molecule has 3 heteroatoms. The van der Waals surface area contributed by atoms with Crippen LogP contribution in [-0.2, 0) is 0 Å². The number of primary amides is 1. The summed E-state index contributed by atoms with van der Waals surface area (Å²) in [5, 5.41) is 3.79. The van der Waals surface area contributed by atoms with Gasteiger partial charge in [0.1, 0.15) is 0 Å². The molecule has 2 aliphatic carbocycles. The Morgan fingerprint density at radius 1 is 1.33 bits per heavy atom. The van der Waals surface area contributed by atoms with Gasteiger partial charge in [-0.15, -0.1) is 0 Å². The number of hydrogen-bond donors (Lipinski definition) is 2. The molecule has 2 saturated carbocycles. The van der Waals surface area contributed by atoms with Crippen molar-refractivity contribution >= 4 is 11.6 Å². The minimum Gasteiger partial charge on any atom is -0.381 e. The maximum Gasteiger partial charge on any atom is 0.248 e. The zero-order chi connectivity index (χ0) is 15.4. The molecule has 1 amide bonds. The second-order valence-electron chi connectivity index (χ2n) is 7.89. The van der Waals surface area contributed by atoms with Gasteiger partial charge in [0.05, 0.1) is 0 Å². The highest BCUT2D eigenvalue weighted by molar-refractivity contribution is 5.93. The van der Waals surface area contributed by atoms with E-state index in [9.17, 15) is 4.79 Å². The molecule has 0 aromatic heterocycles. The van der Waals surface area contributed by atoms with Gasteiger partial charge in [0.15, 0.2) is 0 Å². The van der Waals surface area contributed by atoms with Crippen molar-refractivity contribution in [2.24, 2.45) is 22.5 Å². The lowest BCUT2D eigenvalue weighted by molar-refractivity contribution is 0.1000. The molecule has 3 atom stereocenters. The normalized spacial score (nSPS) is 33.1. The predicted molar refractivity (Wildman–Crippen MR) is 86.3 cm³/mol. The molecule has 0 saturated heterocycles. The summed E-state index contributed by atoms with van der Waals surface area (Å²) in [6.45, 7) is 9.25. The van der Waals surface area contributed by atoms with Crippen LogP contribution in [0.25, 0.3) is 0 Å². The van der Waals surface area contributed by atoms with Crippen molar-refractivity contribution in [2.45, 2.75) is 53.0 Å². The molecule has 2 bridgehead atoms. The maximum atomic E-state index is 11.3. The van der Waals surface area contributed by atoms with Crippen molar-refractivity contribution < 1.29 is 4.79 Å². The highest BCUT2D eigenvalue weighted by atomic mass is 16.1. The number of fused-ring (bicyclic) bond motifs is 2. The van der Waals surface area contributed by atoms with Crippen LogP contribution >= 0.6 is 0 Å². The van der Waals surface area contributed by atoms with Gasteiger partial charge in [-0.1, -0.05) is 20.8 Å². The summed E-state index contributed by atoms with van der Waals surface area (Å²) in [5.41, 5.74) is 8.87. The average molecular weight is 286 g/mol. The highest BCUT2D eigenvalue weighted by Gasteiger charge is 2.59. The summed E-state index contributed by atoms with van der Waals surface area (Å²) < 4.78 is 0. The number of nitrogens with two attached hydrogens (primary N) is 1. The quantitative estimate of drug-likeness (QED) is 0.889. The Morgan fingerprint density at radius 3 is 2.57 bits per heavy atom. The Hall–Kier alpha value is -1.51. The number of benzene rings is 1. The number of anilines is 1. The number of carbonyl (C=O) groups is 1. The van der Waals surface area contributed by atoms with E-state index in [0.29, 0.717) is 22.4 Å². The summed E-state index contributed by atoms with van der Waals surface area (Å²) in [5.74, 6) is 0.460. The second-order valence-corrected chi connectivity index (χ2v) is 7.89. The van der Waals surface area contributed by atoms with Gasteiger partial charge in [-0.25, -0.2) is 0 Å². The van der Waals surface area contributed by atoms with E-state index in [0.717, 1.165) is 17.2 Å². The molecule has 1 aromatic carbocycles. The number of amides is 1. The van der Waals surface area contributed by atoms with E-state index in [1.54, 1.807) is 0 Å². The third-order valence-corrected chi connectivity index (χ3v) is 6.08. The Labute approximate surface area is 127 Å². The van der Waals surface area contributed by atoms with E-state index < -0.39 is 0 Å². The van der Waals surface area contributed by atoms with Crippen LogP contribution in [0.3, 0.4) is 0 Å². The van der Waals surface area contributed by atoms with Crippen LogP contribution in [0, 0.1) is 23.7 Å². The van der Waals surface area contributed by atoms with Crippen LogP contribution in [0.15, 0.2) is 18.2 Å². The van der Waals surface area contributed by atoms with Crippen LogP contribution in [-0.4, -0.2) is 11.9 Å². The first-order valence-electron chi connectivity index (χ1n) is 7.91. The minimum atomic E-state index is -0.364. The van der Waals surface area contributed by atoms with Crippen LogP contribution in [0.2, 0.25) is 0 Å². The highest BCUT2D eigenvalue weighted by Crippen LogP contribution is 2.63. The van der Waals surface area contributed by atoms with Crippen LogP contribution in [0.4, 0.5) is 5.69 Å². The molecule has 0 aliphatic heterocycles. The molecule has 0 heterocycles. The van der Waals surface area contributed by atoms with Crippen molar-refractivity contribution in [2.75, 3.05) is 5.32 Å². The van der Waals surface area contributed by atoms with E-state index in [2.05, 4.69) is 26.1 Å². The standard InChI is InChI=1S/C18H26N2O/c1-11-9-12(15(19)21)5-6-14(11)20-16-17(2,3)13-7-8-18(16,4)10-13/h5-6,9,13,16,20H,7-8,10H2,1-4H3,(H2,19,21). The summed E-state index contributed by atoms with van der Waals surface area (Å²) >= 11 is 0. The minimum absolute atomic E-state index is 0.321. The second kappa shape index (κ2) is 4.49. The maximum absolute atomic E-state index is 11.3. The zero-order valence-corrected chi connectivity index (χ0v) is 13.5. The molecule has 2 fully saturated rings. The van der Waals surface area contributed by atoms with E-state index in [1.165, 1.54) is 19.3 Å². The largest absolute Gasteiger partial charge is 0.381 e. The zero-order valence-electron chi connectivity index (χ0n) is 13.5. The van der Waals surface area contributed by atoms with Gasteiger partial charge in [-0.2, -0.15) is 0 Å². The van der Waals surface area contributed by atoms with Gasteiger partial charge in [0.2, 0.25) is 5.91 Å². The molecule has 2 aliphatic rings. The Balaban J connectivity index is 1.88. The van der Waals surface area contributed by atoms with Crippen molar-refractivity contribution in [3.8, 4) is 0 Å². The van der Waals surface area contributed by atoms with E-state index >= 15 is 0 Å². The molecular formula is C18H26N2O. The summed E-state index contributed by atoms with van der Waals surface area (Å²) in [6, 6.07) is 6.19. The van der Waals surface area contributed by atoms with Gasteiger partial charge in [0.25, 0.3) is 0 Å². The number of nitrogens with one attached hydrogen (secondary N) is 1. The lowest BCUT2D eigenvalue weighted by atomic mass is 9.68. The molecule has 21 heavy (non-hydrogen) atoms. The van der Waals surface area contributed by atoms with Crippen LogP contribution < -0.4 is 11.1 Å². The van der Waals surface area contributed by atoms with E-state index in [-0.39, 0.29) is 5.91 Å². The van der Waals surface area contributed by atoms with Crippen molar-refractivity contribution in [3.05, 3.63) is 29.3 Å². The van der Waals surface area contributed by atoms with Crippen molar-refractivity contribution in [1.82, 2.24) is 0 Å². The Bertz CT molecular complexity index is 588. The number of rotatable bonds is 3. The first-order valence-corrected chi connectivity index (χ1v) is 7.91. The van der Waals surface area contributed by atoms with Crippen LogP contribution in [0.5, 0.6) is 0 Å². The fourth-order valence-corrected chi connectivity index (χ4v) is 4.80. The lowest BCUT2D eigenvalue weighted by Gasteiger charge is -2.44. The van der Waals surface area contributed by atoms with Crippen molar-refractivity contribution in [1.29, 1.82) is 0 Å². The Morgan fingerprint density at radius 2 is 2.05 bits per heavy atom. The Kier molecular flexibility index (Phi) is 3.09.